The fourth-order valence-corrected chi connectivity index (χ4v) is 3.59. The van der Waals surface area contributed by atoms with E-state index in [-0.39, 0.29) is 18.0 Å². The summed E-state index contributed by atoms with van der Waals surface area (Å²) in [6, 6.07) is 17.5. The van der Waals surface area contributed by atoms with Gasteiger partial charge in [-0.25, -0.2) is 0 Å². The lowest BCUT2D eigenvalue weighted by atomic mass is 10.1. The van der Waals surface area contributed by atoms with Gasteiger partial charge in [0.15, 0.2) is 5.84 Å². The molecule has 1 N–H and O–H groups in total. The maximum atomic E-state index is 12.4. The van der Waals surface area contributed by atoms with Crippen LogP contribution in [0.4, 0.5) is 0 Å². The Morgan fingerprint density at radius 1 is 1.14 bits per heavy atom. The monoisotopic (exact) mass is 402 g/mol. The highest BCUT2D eigenvalue weighted by molar-refractivity contribution is 8.27. The third-order valence-electron chi connectivity index (χ3n) is 4.29. The van der Waals surface area contributed by atoms with Gasteiger partial charge in [0.25, 0.3) is 5.91 Å². The number of hydrogen-bond acceptors (Lipinski definition) is 5. The second-order valence-electron chi connectivity index (χ2n) is 6.36. The number of amides is 1. The van der Waals surface area contributed by atoms with Crippen molar-refractivity contribution in [2.24, 2.45) is 10.1 Å². The molecule has 2 aromatic rings. The number of benzene rings is 2. The first kappa shape index (κ1) is 18.9. The van der Waals surface area contributed by atoms with Gasteiger partial charge in [-0.2, -0.15) is 15.1 Å². The van der Waals surface area contributed by atoms with Crippen LogP contribution in [0.25, 0.3) is 6.08 Å². The van der Waals surface area contributed by atoms with Crippen LogP contribution in [0.2, 0.25) is 0 Å². The molecule has 2 heterocycles. The molecule has 0 unspecified atom stereocenters. The summed E-state index contributed by atoms with van der Waals surface area (Å²) in [5.41, 5.74) is 2.24. The Hall–Kier alpha value is -3.45. The number of aliphatic imine (C=N–C) groups is 1. The van der Waals surface area contributed by atoms with Gasteiger partial charge < -0.3 is 4.74 Å². The fraction of sp³-hybridized carbons (Fsp3) is 0.0909. The summed E-state index contributed by atoms with van der Waals surface area (Å²) in [6.45, 7) is 2.22. The van der Waals surface area contributed by atoms with Gasteiger partial charge in [-0.15, -0.1) is 0 Å². The molecular formula is C22H18N4O2S. The quantitative estimate of drug-likeness (QED) is 0.759. The highest BCUT2D eigenvalue weighted by Gasteiger charge is 2.35. The van der Waals surface area contributed by atoms with Gasteiger partial charge in [-0.05, 0) is 42.0 Å². The zero-order chi connectivity index (χ0) is 20.2. The van der Waals surface area contributed by atoms with Crippen LogP contribution in [0.5, 0.6) is 5.75 Å². The SMILES string of the molecule is Cc1ccccc1OCC1=NN2C(=N)C(=CC=Cc3ccccc3)C(=O)N=C2S1. The Balaban J connectivity index is 1.47. The van der Waals surface area contributed by atoms with Crippen molar-refractivity contribution in [3.63, 3.8) is 0 Å². The largest absolute Gasteiger partial charge is 0.486 e. The first-order valence-electron chi connectivity index (χ1n) is 9.01. The third kappa shape index (κ3) is 4.20. The lowest BCUT2D eigenvalue weighted by Gasteiger charge is -2.19. The molecule has 7 heteroatoms. The predicted octanol–water partition coefficient (Wildman–Crippen LogP) is 4.25. The Kier molecular flexibility index (Phi) is 5.39. The van der Waals surface area contributed by atoms with Crippen LogP contribution in [-0.4, -0.2) is 33.6 Å². The van der Waals surface area contributed by atoms with Crippen LogP contribution in [0, 0.1) is 12.3 Å². The molecule has 0 spiro atoms. The van der Waals surface area contributed by atoms with Crippen LogP contribution < -0.4 is 4.74 Å². The first-order valence-corrected chi connectivity index (χ1v) is 9.83. The summed E-state index contributed by atoms with van der Waals surface area (Å²) in [7, 11) is 0. The van der Waals surface area contributed by atoms with Crippen molar-refractivity contribution in [3.8, 4) is 5.75 Å². The summed E-state index contributed by atoms with van der Waals surface area (Å²) in [5.74, 6) is 0.347. The average molecular weight is 402 g/mol. The van der Waals surface area contributed by atoms with E-state index in [4.69, 9.17) is 10.1 Å². The number of fused-ring (bicyclic) bond motifs is 1. The summed E-state index contributed by atoms with van der Waals surface area (Å²) in [5, 5.41) is 15.2. The Morgan fingerprint density at radius 3 is 2.69 bits per heavy atom. The second kappa shape index (κ2) is 8.28. The minimum Gasteiger partial charge on any atom is -0.486 e. The molecule has 2 aliphatic heterocycles. The maximum absolute atomic E-state index is 12.4. The van der Waals surface area contributed by atoms with E-state index < -0.39 is 5.91 Å². The van der Waals surface area contributed by atoms with Crippen molar-refractivity contribution in [2.75, 3.05) is 6.61 Å². The molecule has 0 aliphatic carbocycles. The number of carbonyl (C=O) groups excluding carboxylic acids is 1. The van der Waals surface area contributed by atoms with E-state index in [2.05, 4.69) is 10.1 Å². The summed E-state index contributed by atoms with van der Waals surface area (Å²) in [6.07, 6.45) is 5.21. The summed E-state index contributed by atoms with van der Waals surface area (Å²) >= 11 is 1.24. The minimum absolute atomic E-state index is 0.0103. The van der Waals surface area contributed by atoms with Gasteiger partial charge in [0.1, 0.15) is 17.4 Å². The van der Waals surface area contributed by atoms with Crippen molar-refractivity contribution in [3.05, 3.63) is 83.4 Å². The van der Waals surface area contributed by atoms with E-state index in [0.717, 1.165) is 16.9 Å². The van der Waals surface area contributed by atoms with E-state index >= 15 is 0 Å². The van der Waals surface area contributed by atoms with Crippen LogP contribution in [-0.2, 0) is 4.79 Å². The normalized spacial score (nSPS) is 17.6. The number of aryl methyl sites for hydroxylation is 1. The average Bonchev–Trinajstić information content (AvgIpc) is 3.13. The summed E-state index contributed by atoms with van der Waals surface area (Å²) < 4.78 is 5.82. The molecule has 0 fully saturated rings. The van der Waals surface area contributed by atoms with E-state index in [1.54, 1.807) is 12.2 Å². The van der Waals surface area contributed by atoms with E-state index in [1.807, 2.05) is 67.6 Å². The molecule has 0 saturated heterocycles. The molecule has 0 radical (unpaired) electrons. The van der Waals surface area contributed by atoms with Gasteiger partial charge in [-0.1, -0.05) is 60.7 Å². The number of nitrogens with one attached hydrogen (secondary N) is 1. The third-order valence-corrected chi connectivity index (χ3v) is 5.17. The van der Waals surface area contributed by atoms with Crippen molar-refractivity contribution in [1.82, 2.24) is 5.01 Å². The number of hydrazone groups is 1. The minimum atomic E-state index is -0.442. The molecule has 0 saturated carbocycles. The van der Waals surface area contributed by atoms with Crippen molar-refractivity contribution in [2.45, 2.75) is 6.92 Å². The molecule has 4 rings (SSSR count). The lowest BCUT2D eigenvalue weighted by molar-refractivity contribution is -0.114. The summed E-state index contributed by atoms with van der Waals surface area (Å²) in [4.78, 5) is 16.4. The molecule has 0 atom stereocenters. The number of thioether (sulfide) groups is 1. The van der Waals surface area contributed by atoms with Gasteiger partial charge in [0.05, 0.1) is 5.57 Å². The number of hydrogen-bond donors (Lipinski definition) is 1. The molecule has 6 nitrogen and oxygen atoms in total. The molecule has 2 aliphatic rings. The van der Waals surface area contributed by atoms with Crippen molar-refractivity contribution in [1.29, 1.82) is 5.41 Å². The van der Waals surface area contributed by atoms with Crippen LogP contribution in [0.15, 0.2) is 82.4 Å². The Bertz CT molecular complexity index is 1090. The van der Waals surface area contributed by atoms with Crippen molar-refractivity contribution >= 4 is 39.8 Å². The molecule has 1 amide bonds. The zero-order valence-corrected chi connectivity index (χ0v) is 16.5. The molecule has 0 aromatic heterocycles. The standard InChI is InChI=1S/C22H18N4O2S/c1-15-8-5-6-13-18(15)28-14-19-25-26-20(23)17(21(27)24-22(26)29-19)12-7-11-16-9-3-2-4-10-16/h2-13,23H,14H2,1H3. The predicted molar refractivity (Wildman–Crippen MR) is 117 cm³/mol. The second-order valence-corrected chi connectivity index (χ2v) is 7.40. The lowest BCUT2D eigenvalue weighted by Crippen LogP contribution is -2.35. The molecule has 0 bridgehead atoms. The zero-order valence-electron chi connectivity index (χ0n) is 15.7. The highest BCUT2D eigenvalue weighted by Crippen LogP contribution is 2.28. The topological polar surface area (TPSA) is 78.1 Å². The first-order chi connectivity index (χ1) is 14.1. The number of rotatable bonds is 5. The number of ether oxygens (including phenoxy) is 1. The van der Waals surface area contributed by atoms with Crippen molar-refractivity contribution < 1.29 is 9.53 Å². The fourth-order valence-electron chi connectivity index (χ4n) is 2.79. The van der Waals surface area contributed by atoms with E-state index in [9.17, 15) is 4.79 Å². The number of allylic oxidation sites excluding steroid dienone is 2. The van der Waals surface area contributed by atoms with Gasteiger partial charge in [0, 0.05) is 0 Å². The highest BCUT2D eigenvalue weighted by atomic mass is 32.2. The molecule has 2 aromatic carbocycles. The smallest absolute Gasteiger partial charge is 0.283 e. The maximum Gasteiger partial charge on any atom is 0.283 e. The number of para-hydroxylation sites is 1. The molecule has 29 heavy (non-hydrogen) atoms. The van der Waals surface area contributed by atoms with Gasteiger partial charge in [-0.3, -0.25) is 10.2 Å². The molecular weight excluding hydrogens is 384 g/mol. The Labute approximate surface area is 172 Å². The molecule has 144 valence electrons. The van der Waals surface area contributed by atoms with Crippen LogP contribution >= 0.6 is 11.8 Å². The number of amidine groups is 2. The van der Waals surface area contributed by atoms with Gasteiger partial charge in [0.2, 0.25) is 5.17 Å². The van der Waals surface area contributed by atoms with Gasteiger partial charge >= 0.3 is 0 Å². The van der Waals surface area contributed by atoms with Crippen LogP contribution in [0.3, 0.4) is 0 Å². The number of carbonyl (C=O) groups is 1. The number of nitrogens with zero attached hydrogens (tertiary/aromatic N) is 3. The van der Waals surface area contributed by atoms with Crippen LogP contribution in [0.1, 0.15) is 11.1 Å². The van der Waals surface area contributed by atoms with E-state index in [1.165, 1.54) is 16.8 Å². The Morgan fingerprint density at radius 2 is 1.90 bits per heavy atom. The van der Waals surface area contributed by atoms with E-state index in [0.29, 0.717) is 10.2 Å².